The summed E-state index contributed by atoms with van der Waals surface area (Å²) >= 11 is 0. The largest absolute Gasteiger partial charge is 0.487 e. The van der Waals surface area contributed by atoms with Crippen molar-refractivity contribution in [1.29, 1.82) is 0 Å². The van der Waals surface area contributed by atoms with Crippen molar-refractivity contribution in [1.82, 2.24) is 10.0 Å². The van der Waals surface area contributed by atoms with Gasteiger partial charge in [-0.25, -0.2) is 22.7 Å². The van der Waals surface area contributed by atoms with E-state index in [4.69, 9.17) is 15.2 Å². The lowest BCUT2D eigenvalue weighted by Crippen LogP contribution is -2.41. The van der Waals surface area contributed by atoms with E-state index in [1.165, 1.54) is 0 Å². The summed E-state index contributed by atoms with van der Waals surface area (Å²) in [6.07, 6.45) is -0.0101. The standard InChI is InChI=1S/C27H36N4O7S/c1-16-17(2)23(18(3)20-14-27(4,5)38-22(16)20)39(35,36)31-25(28)29-13-9-12-21(24(32)33)30-26(34)37-15-19-10-7-6-8-11-19/h6-8,10-11,21H,9,12-15H2,1-5H3,(H,30,34)(H,32,33)(H3,28,29,31). The molecule has 1 atom stereocenters. The van der Waals surface area contributed by atoms with Crippen molar-refractivity contribution in [3.63, 3.8) is 0 Å². The molecule has 1 amide bonds. The Morgan fingerprint density at radius 2 is 1.82 bits per heavy atom. The van der Waals surface area contributed by atoms with Gasteiger partial charge < -0.3 is 25.6 Å². The van der Waals surface area contributed by atoms with Gasteiger partial charge in [0.1, 0.15) is 24.0 Å². The highest BCUT2D eigenvalue weighted by molar-refractivity contribution is 7.90. The Balaban J connectivity index is 1.58. The molecule has 1 heterocycles. The van der Waals surface area contributed by atoms with Crippen LogP contribution in [0.3, 0.4) is 0 Å². The Morgan fingerprint density at radius 1 is 1.15 bits per heavy atom. The topological polar surface area (TPSA) is 169 Å². The smallest absolute Gasteiger partial charge is 0.408 e. The van der Waals surface area contributed by atoms with Crippen LogP contribution < -0.4 is 20.5 Å². The lowest BCUT2D eigenvalue weighted by Gasteiger charge is -2.19. The van der Waals surface area contributed by atoms with Gasteiger partial charge >= 0.3 is 12.1 Å². The molecule has 1 unspecified atom stereocenters. The second kappa shape index (κ2) is 11.9. The number of carboxylic acid groups (broad SMARTS) is 1. The van der Waals surface area contributed by atoms with Gasteiger partial charge in [0.15, 0.2) is 0 Å². The van der Waals surface area contributed by atoms with Crippen LogP contribution in [0, 0.1) is 20.8 Å². The van der Waals surface area contributed by atoms with Crippen molar-refractivity contribution < 1.29 is 32.6 Å². The maximum atomic E-state index is 13.3. The Morgan fingerprint density at radius 3 is 2.46 bits per heavy atom. The monoisotopic (exact) mass is 560 g/mol. The average Bonchev–Trinajstić information content (AvgIpc) is 3.19. The third kappa shape index (κ3) is 7.41. The number of rotatable bonds is 10. The van der Waals surface area contributed by atoms with Crippen LogP contribution >= 0.6 is 0 Å². The number of fused-ring (bicyclic) bond motifs is 1. The normalized spacial score (nSPS) is 15.2. The lowest BCUT2D eigenvalue weighted by atomic mass is 9.94. The molecule has 12 heteroatoms. The number of guanidine groups is 1. The highest BCUT2D eigenvalue weighted by Crippen LogP contribution is 2.43. The fraction of sp³-hybridized carbons (Fsp3) is 0.444. The highest BCUT2D eigenvalue weighted by Gasteiger charge is 2.36. The maximum Gasteiger partial charge on any atom is 0.408 e. The number of nitrogens with two attached hydrogens (primary N) is 1. The number of nitrogens with one attached hydrogen (secondary N) is 2. The summed E-state index contributed by atoms with van der Waals surface area (Å²) in [7, 11) is -4.04. The second-order valence-corrected chi connectivity index (χ2v) is 11.8. The number of aliphatic imine (C=N–C) groups is 1. The van der Waals surface area contributed by atoms with E-state index in [1.807, 2.05) is 26.8 Å². The van der Waals surface area contributed by atoms with E-state index in [0.29, 0.717) is 17.5 Å². The van der Waals surface area contributed by atoms with Crippen LogP contribution in [-0.4, -0.2) is 49.7 Å². The van der Waals surface area contributed by atoms with Crippen molar-refractivity contribution >= 4 is 28.0 Å². The number of aliphatic carboxylic acids is 1. The van der Waals surface area contributed by atoms with Crippen molar-refractivity contribution in [3.8, 4) is 5.75 Å². The first-order chi connectivity index (χ1) is 18.2. The summed E-state index contributed by atoms with van der Waals surface area (Å²) in [4.78, 5) is 27.8. The van der Waals surface area contributed by atoms with Gasteiger partial charge in [0.05, 0.1) is 4.90 Å². The fourth-order valence-corrected chi connectivity index (χ4v) is 6.05. The molecule has 5 N–H and O–H groups in total. The molecule has 0 radical (unpaired) electrons. The van der Waals surface area contributed by atoms with Gasteiger partial charge in [-0.3, -0.25) is 4.99 Å². The van der Waals surface area contributed by atoms with Gasteiger partial charge in [-0.05, 0) is 69.7 Å². The lowest BCUT2D eigenvalue weighted by molar-refractivity contribution is -0.139. The minimum Gasteiger partial charge on any atom is -0.487 e. The number of ether oxygens (including phenoxy) is 2. The highest BCUT2D eigenvalue weighted by atomic mass is 32.2. The molecule has 0 saturated carbocycles. The van der Waals surface area contributed by atoms with Crippen molar-refractivity contribution in [2.75, 3.05) is 6.54 Å². The van der Waals surface area contributed by atoms with Crippen LogP contribution in [0.2, 0.25) is 0 Å². The number of carboxylic acids is 1. The van der Waals surface area contributed by atoms with E-state index in [-0.39, 0.29) is 36.8 Å². The summed E-state index contributed by atoms with van der Waals surface area (Å²) in [5.74, 6) is -0.818. The number of benzene rings is 2. The molecule has 0 aliphatic carbocycles. The zero-order valence-electron chi connectivity index (χ0n) is 22.8. The van der Waals surface area contributed by atoms with Crippen molar-refractivity contribution in [2.45, 2.75) is 77.0 Å². The number of amides is 1. The third-order valence-corrected chi connectivity index (χ3v) is 8.16. The van der Waals surface area contributed by atoms with Gasteiger partial charge in [0.25, 0.3) is 10.0 Å². The SMILES string of the molecule is Cc1c(C)c(S(=O)(=O)NC(N)=NCCCC(NC(=O)OCc2ccccc2)C(=O)O)c(C)c2c1OC(C)(C)C2. The van der Waals surface area contributed by atoms with Crippen LogP contribution in [0.1, 0.15) is 54.5 Å². The zero-order valence-corrected chi connectivity index (χ0v) is 23.6. The van der Waals surface area contributed by atoms with E-state index < -0.39 is 33.7 Å². The number of sulfonamides is 1. The van der Waals surface area contributed by atoms with Crippen LogP contribution in [0.15, 0.2) is 40.2 Å². The van der Waals surface area contributed by atoms with Gasteiger partial charge in [-0.15, -0.1) is 0 Å². The molecule has 212 valence electrons. The molecule has 39 heavy (non-hydrogen) atoms. The summed E-state index contributed by atoms with van der Waals surface area (Å²) in [6.45, 7) is 9.27. The molecule has 1 aliphatic rings. The van der Waals surface area contributed by atoms with Crippen LogP contribution in [0.4, 0.5) is 4.79 Å². The summed E-state index contributed by atoms with van der Waals surface area (Å²) in [6, 6.07) is 7.79. The number of carbonyl (C=O) groups excluding carboxylic acids is 1. The molecule has 1 aliphatic heterocycles. The molecule has 0 aromatic heterocycles. The molecule has 3 rings (SSSR count). The van der Waals surface area contributed by atoms with Crippen LogP contribution in [0.5, 0.6) is 5.75 Å². The first-order valence-electron chi connectivity index (χ1n) is 12.6. The Hall–Kier alpha value is -3.80. The van der Waals surface area contributed by atoms with E-state index in [1.54, 1.807) is 38.1 Å². The van der Waals surface area contributed by atoms with Gasteiger partial charge in [0.2, 0.25) is 5.96 Å². The number of alkyl carbamates (subject to hydrolysis) is 1. The van der Waals surface area contributed by atoms with E-state index in [2.05, 4.69) is 15.0 Å². The molecule has 0 spiro atoms. The molecule has 0 fully saturated rings. The number of hydrogen-bond acceptors (Lipinski definition) is 7. The van der Waals surface area contributed by atoms with Gasteiger partial charge in [-0.1, -0.05) is 30.3 Å². The first-order valence-corrected chi connectivity index (χ1v) is 14.0. The summed E-state index contributed by atoms with van der Waals surface area (Å²) < 4.78 is 40.0. The number of hydrogen-bond donors (Lipinski definition) is 4. The predicted molar refractivity (Wildman–Crippen MR) is 146 cm³/mol. The minimum absolute atomic E-state index is 0.00740. The van der Waals surface area contributed by atoms with Gasteiger partial charge in [-0.2, -0.15) is 0 Å². The van der Waals surface area contributed by atoms with Gasteiger partial charge in [0, 0.05) is 18.5 Å². The molecular weight excluding hydrogens is 524 g/mol. The van der Waals surface area contributed by atoms with Crippen molar-refractivity contribution in [3.05, 3.63) is 58.1 Å². The molecule has 11 nitrogen and oxygen atoms in total. The zero-order chi connectivity index (χ0) is 29.0. The van der Waals surface area contributed by atoms with Crippen molar-refractivity contribution in [2.24, 2.45) is 10.7 Å². The molecule has 0 saturated heterocycles. The average molecular weight is 561 g/mol. The first kappa shape index (κ1) is 29.8. The second-order valence-electron chi connectivity index (χ2n) is 10.2. The van der Waals surface area contributed by atoms with Crippen LogP contribution in [-0.2, 0) is 32.6 Å². The predicted octanol–water partition coefficient (Wildman–Crippen LogP) is 3.08. The summed E-state index contributed by atoms with van der Waals surface area (Å²) in [5.41, 5.74) is 9.00. The van der Waals surface area contributed by atoms with E-state index >= 15 is 0 Å². The Bertz CT molecular complexity index is 1370. The van der Waals surface area contributed by atoms with Crippen LogP contribution in [0.25, 0.3) is 0 Å². The molecular formula is C27H36N4O7S. The maximum absolute atomic E-state index is 13.3. The molecule has 0 bridgehead atoms. The molecule has 2 aromatic carbocycles. The summed E-state index contributed by atoms with van der Waals surface area (Å²) in [5, 5.41) is 11.8. The fourth-order valence-electron chi connectivity index (χ4n) is 4.53. The molecule has 2 aromatic rings. The Kier molecular flexibility index (Phi) is 9.10. The third-order valence-electron chi connectivity index (χ3n) is 6.54. The quantitative estimate of drug-likeness (QED) is 0.195. The number of carbonyl (C=O) groups is 2. The number of nitrogens with zero attached hydrogens (tertiary/aromatic N) is 1. The van der Waals surface area contributed by atoms with E-state index in [9.17, 15) is 23.1 Å². The minimum atomic E-state index is -4.04. The van der Waals surface area contributed by atoms with E-state index in [0.717, 1.165) is 22.4 Å². The Labute approximate surface area is 228 Å².